The third-order valence-electron chi connectivity index (χ3n) is 3.18. The number of aromatic nitrogens is 2. The molecule has 1 unspecified atom stereocenters. The van der Waals surface area contributed by atoms with Gasteiger partial charge in [0.25, 0.3) is 5.91 Å². The number of rotatable bonds is 5. The molecule has 0 aliphatic heterocycles. The number of halogens is 1. The molecule has 5 nitrogen and oxygen atoms in total. The van der Waals surface area contributed by atoms with E-state index >= 15 is 0 Å². The van der Waals surface area contributed by atoms with Crippen LogP contribution in [0.1, 0.15) is 29.6 Å². The monoisotopic (exact) mass is 373 g/mol. The molecule has 2 heterocycles. The van der Waals surface area contributed by atoms with Crippen LogP contribution in [0, 0.1) is 3.57 Å². The quantitative estimate of drug-likeness (QED) is 0.820. The van der Waals surface area contributed by atoms with E-state index in [0.717, 1.165) is 22.2 Å². The molecule has 0 aromatic carbocycles. The van der Waals surface area contributed by atoms with Crippen LogP contribution >= 0.6 is 22.6 Å². The molecule has 0 aliphatic rings. The number of aromatic amines is 1. The first kappa shape index (κ1) is 14.1. The molecule has 0 saturated carbocycles. The van der Waals surface area contributed by atoms with Gasteiger partial charge in [-0.05, 0) is 48.1 Å². The number of hydrogen-bond acceptors (Lipinski definition) is 3. The van der Waals surface area contributed by atoms with Crippen LogP contribution in [0.25, 0.3) is 0 Å². The summed E-state index contributed by atoms with van der Waals surface area (Å²) in [5.74, 6) is 0.915. The summed E-state index contributed by atoms with van der Waals surface area (Å²) in [7, 11) is 1.81. The van der Waals surface area contributed by atoms with E-state index in [1.807, 2.05) is 26.1 Å². The molecule has 2 rings (SSSR count). The molecule has 1 N–H and O–H groups in total. The highest BCUT2D eigenvalue weighted by Crippen LogP contribution is 2.14. The zero-order valence-electron chi connectivity index (χ0n) is 10.9. The average molecular weight is 373 g/mol. The number of carbonyl (C=O) groups excluding carboxylic acids is 1. The summed E-state index contributed by atoms with van der Waals surface area (Å²) in [5, 5.41) is 6.62. The van der Waals surface area contributed by atoms with Crippen LogP contribution in [-0.2, 0) is 6.42 Å². The fourth-order valence-corrected chi connectivity index (χ4v) is 2.29. The van der Waals surface area contributed by atoms with Crippen molar-refractivity contribution in [3.8, 4) is 0 Å². The van der Waals surface area contributed by atoms with E-state index in [9.17, 15) is 4.79 Å². The van der Waals surface area contributed by atoms with Crippen LogP contribution in [0.5, 0.6) is 0 Å². The second-order valence-electron chi connectivity index (χ2n) is 4.48. The zero-order valence-corrected chi connectivity index (χ0v) is 13.0. The van der Waals surface area contributed by atoms with Gasteiger partial charge in [0.05, 0.1) is 16.0 Å². The Hall–Kier alpha value is -1.31. The van der Waals surface area contributed by atoms with Gasteiger partial charge in [-0.15, -0.1) is 0 Å². The fraction of sp³-hybridized carbons (Fsp3) is 0.385. The van der Waals surface area contributed by atoms with Crippen molar-refractivity contribution >= 4 is 28.5 Å². The largest absolute Gasteiger partial charge is 0.469 e. The van der Waals surface area contributed by atoms with E-state index in [2.05, 4.69) is 32.8 Å². The number of carbonyl (C=O) groups is 1. The number of amides is 1. The topological polar surface area (TPSA) is 62.1 Å². The summed E-state index contributed by atoms with van der Waals surface area (Å²) >= 11 is 2.10. The molecule has 0 spiro atoms. The third kappa shape index (κ3) is 3.37. The highest BCUT2D eigenvalue weighted by molar-refractivity contribution is 14.1. The van der Waals surface area contributed by atoms with Crippen molar-refractivity contribution in [2.45, 2.75) is 25.8 Å². The Morgan fingerprint density at radius 3 is 3.00 bits per heavy atom. The minimum atomic E-state index is -0.0335. The Morgan fingerprint density at radius 2 is 2.42 bits per heavy atom. The van der Waals surface area contributed by atoms with Gasteiger partial charge in [-0.1, -0.05) is 0 Å². The van der Waals surface area contributed by atoms with Gasteiger partial charge in [-0.2, -0.15) is 5.10 Å². The van der Waals surface area contributed by atoms with Crippen molar-refractivity contribution in [3.05, 3.63) is 39.6 Å². The molecule has 2 aromatic heterocycles. The van der Waals surface area contributed by atoms with Gasteiger partial charge in [-0.3, -0.25) is 9.89 Å². The number of nitrogens with one attached hydrogen (secondary N) is 1. The van der Waals surface area contributed by atoms with Gasteiger partial charge >= 0.3 is 0 Å². The van der Waals surface area contributed by atoms with Crippen LogP contribution in [0.3, 0.4) is 0 Å². The maximum atomic E-state index is 12.3. The summed E-state index contributed by atoms with van der Waals surface area (Å²) < 4.78 is 6.14. The molecule has 102 valence electrons. The molecule has 0 bridgehead atoms. The molecule has 0 radical (unpaired) electrons. The number of nitrogens with zero attached hydrogens (tertiary/aromatic N) is 2. The summed E-state index contributed by atoms with van der Waals surface area (Å²) in [6.07, 6.45) is 5.00. The lowest BCUT2D eigenvalue weighted by molar-refractivity contribution is 0.0729. The summed E-state index contributed by atoms with van der Waals surface area (Å²) in [5.41, 5.74) is 0.549. The lowest BCUT2D eigenvalue weighted by Gasteiger charge is -2.24. The van der Waals surface area contributed by atoms with Crippen molar-refractivity contribution in [3.63, 3.8) is 0 Å². The number of H-pyrrole nitrogens is 1. The van der Waals surface area contributed by atoms with Crippen molar-refractivity contribution < 1.29 is 9.21 Å². The van der Waals surface area contributed by atoms with E-state index in [1.165, 1.54) is 0 Å². The molecule has 0 fully saturated rings. The minimum Gasteiger partial charge on any atom is -0.469 e. The number of furan rings is 1. The Bertz CT molecular complexity index is 536. The molecular weight excluding hydrogens is 357 g/mol. The molecule has 0 aliphatic carbocycles. The Kier molecular flexibility index (Phi) is 4.62. The van der Waals surface area contributed by atoms with Gasteiger partial charge < -0.3 is 9.32 Å². The second kappa shape index (κ2) is 6.23. The maximum absolute atomic E-state index is 12.3. The molecule has 0 saturated heterocycles. The Labute approximate surface area is 125 Å². The fourth-order valence-electron chi connectivity index (χ4n) is 1.80. The summed E-state index contributed by atoms with van der Waals surface area (Å²) in [6.45, 7) is 2.03. The second-order valence-corrected chi connectivity index (χ2v) is 5.64. The maximum Gasteiger partial charge on any atom is 0.272 e. The van der Waals surface area contributed by atoms with Gasteiger partial charge in [0, 0.05) is 19.5 Å². The molecule has 19 heavy (non-hydrogen) atoms. The van der Waals surface area contributed by atoms with Crippen molar-refractivity contribution in [2.75, 3.05) is 7.05 Å². The molecular formula is C13H16IN3O2. The smallest absolute Gasteiger partial charge is 0.272 e. The van der Waals surface area contributed by atoms with Crippen LogP contribution in [0.15, 0.2) is 29.0 Å². The van der Waals surface area contributed by atoms with E-state index in [1.54, 1.807) is 17.4 Å². The first-order chi connectivity index (χ1) is 9.09. The standard InChI is InChI=1S/C13H16IN3O2/c1-9(5-6-10-4-3-7-19-10)17(2)13(18)12-11(14)8-15-16-12/h3-4,7-9H,5-6H2,1-2H3,(H,15,16). The van der Waals surface area contributed by atoms with Crippen LogP contribution < -0.4 is 0 Å². The van der Waals surface area contributed by atoms with Crippen LogP contribution in [-0.4, -0.2) is 34.1 Å². The van der Waals surface area contributed by atoms with Gasteiger partial charge in [0.2, 0.25) is 0 Å². The highest BCUT2D eigenvalue weighted by atomic mass is 127. The van der Waals surface area contributed by atoms with Crippen molar-refractivity contribution in [1.82, 2.24) is 15.1 Å². The normalized spacial score (nSPS) is 12.4. The van der Waals surface area contributed by atoms with Crippen LogP contribution in [0.2, 0.25) is 0 Å². The first-order valence-electron chi connectivity index (χ1n) is 6.08. The molecule has 1 atom stereocenters. The SMILES string of the molecule is CC(CCc1ccco1)N(C)C(=O)c1[nH]ncc1I. The minimum absolute atomic E-state index is 0.0335. The van der Waals surface area contributed by atoms with E-state index in [-0.39, 0.29) is 11.9 Å². The van der Waals surface area contributed by atoms with E-state index in [4.69, 9.17) is 4.42 Å². The number of aryl methyl sites for hydroxylation is 1. The lowest BCUT2D eigenvalue weighted by Crippen LogP contribution is -2.36. The molecule has 2 aromatic rings. The zero-order chi connectivity index (χ0) is 13.8. The average Bonchev–Trinajstić information content (AvgIpc) is 3.05. The predicted octanol–water partition coefficient (Wildman–Crippen LogP) is 2.70. The number of hydrogen-bond donors (Lipinski definition) is 1. The lowest BCUT2D eigenvalue weighted by atomic mass is 10.1. The summed E-state index contributed by atoms with van der Waals surface area (Å²) in [4.78, 5) is 14.0. The van der Waals surface area contributed by atoms with Crippen LogP contribution in [0.4, 0.5) is 0 Å². The first-order valence-corrected chi connectivity index (χ1v) is 7.16. The molecule has 1 amide bonds. The summed E-state index contributed by atoms with van der Waals surface area (Å²) in [6, 6.07) is 3.96. The Balaban J connectivity index is 1.93. The van der Waals surface area contributed by atoms with Crippen molar-refractivity contribution in [2.24, 2.45) is 0 Å². The molecule has 6 heteroatoms. The Morgan fingerprint density at radius 1 is 1.63 bits per heavy atom. The third-order valence-corrected chi connectivity index (χ3v) is 3.99. The van der Waals surface area contributed by atoms with Gasteiger partial charge in [0.15, 0.2) is 0 Å². The van der Waals surface area contributed by atoms with E-state index in [0.29, 0.717) is 5.69 Å². The van der Waals surface area contributed by atoms with Gasteiger partial charge in [0.1, 0.15) is 11.5 Å². The van der Waals surface area contributed by atoms with Crippen molar-refractivity contribution in [1.29, 1.82) is 0 Å². The van der Waals surface area contributed by atoms with E-state index < -0.39 is 0 Å². The predicted molar refractivity (Wildman–Crippen MR) is 79.9 cm³/mol. The van der Waals surface area contributed by atoms with Gasteiger partial charge in [-0.25, -0.2) is 0 Å². The highest BCUT2D eigenvalue weighted by Gasteiger charge is 2.21.